The van der Waals surface area contributed by atoms with Crippen molar-refractivity contribution in [2.45, 2.75) is 26.3 Å². The molecule has 2 N–H and O–H groups in total. The molecule has 150 valence electrons. The van der Waals surface area contributed by atoms with E-state index in [1.54, 1.807) is 7.11 Å². The summed E-state index contributed by atoms with van der Waals surface area (Å²) in [5.41, 5.74) is 4.33. The van der Waals surface area contributed by atoms with Gasteiger partial charge in [0.15, 0.2) is 0 Å². The Morgan fingerprint density at radius 2 is 1.76 bits per heavy atom. The zero-order valence-electron chi connectivity index (χ0n) is 16.5. The molecule has 0 spiro atoms. The highest BCUT2D eigenvalue weighted by Gasteiger charge is 2.15. The summed E-state index contributed by atoms with van der Waals surface area (Å²) in [5, 5.41) is 12.0. The van der Waals surface area contributed by atoms with Crippen LogP contribution in [-0.4, -0.2) is 28.7 Å². The molecule has 6 nitrogen and oxygen atoms in total. The minimum absolute atomic E-state index is 0.00543. The maximum Gasteiger partial charge on any atom is 0.303 e. The fourth-order valence-corrected chi connectivity index (χ4v) is 3.21. The predicted octanol–water partition coefficient (Wildman–Crippen LogP) is 4.13. The molecule has 0 aliphatic heterocycles. The molecule has 3 rings (SSSR count). The van der Waals surface area contributed by atoms with Gasteiger partial charge in [-0.3, -0.25) is 9.59 Å². The summed E-state index contributed by atoms with van der Waals surface area (Å²) in [6, 6.07) is 18.9. The summed E-state index contributed by atoms with van der Waals surface area (Å²) in [5.74, 6) is -0.287. The Labute approximate surface area is 169 Å². The molecule has 1 amide bonds. The maximum atomic E-state index is 12.7. The normalized spacial score (nSPS) is 10.6. The van der Waals surface area contributed by atoms with Crippen molar-refractivity contribution < 1.29 is 19.4 Å². The second kappa shape index (κ2) is 9.10. The van der Waals surface area contributed by atoms with Crippen LogP contribution in [0.25, 0.3) is 11.3 Å². The maximum absolute atomic E-state index is 12.7. The number of nitrogens with one attached hydrogen (secondary N) is 1. The smallest absolute Gasteiger partial charge is 0.303 e. The van der Waals surface area contributed by atoms with Crippen LogP contribution < -0.4 is 10.1 Å². The van der Waals surface area contributed by atoms with Gasteiger partial charge < -0.3 is 19.7 Å². The average molecular weight is 392 g/mol. The van der Waals surface area contributed by atoms with E-state index in [9.17, 15) is 9.59 Å². The fourth-order valence-electron chi connectivity index (χ4n) is 3.21. The first kappa shape index (κ1) is 20.2. The van der Waals surface area contributed by atoms with Gasteiger partial charge in [-0.15, -0.1) is 0 Å². The van der Waals surface area contributed by atoms with Crippen molar-refractivity contribution in [1.82, 2.24) is 4.57 Å². The molecule has 29 heavy (non-hydrogen) atoms. The summed E-state index contributed by atoms with van der Waals surface area (Å²) in [4.78, 5) is 23.8. The first-order chi connectivity index (χ1) is 14.0. The van der Waals surface area contributed by atoms with E-state index in [0.717, 1.165) is 34.0 Å². The number of carbonyl (C=O) groups is 2. The molecule has 0 atom stereocenters. The zero-order valence-corrected chi connectivity index (χ0v) is 16.5. The number of carboxylic acids is 1. The SMILES string of the molecule is COc1ccc(-c2ccc(CCC(=O)O)n2CC(=O)Nc2ccccc2C)cc1. The zero-order chi connectivity index (χ0) is 20.8. The van der Waals surface area contributed by atoms with Crippen molar-refractivity contribution in [3.05, 3.63) is 71.9 Å². The van der Waals surface area contributed by atoms with E-state index in [0.29, 0.717) is 6.42 Å². The number of anilines is 1. The lowest BCUT2D eigenvalue weighted by atomic mass is 10.1. The van der Waals surface area contributed by atoms with Crippen LogP contribution in [0.15, 0.2) is 60.7 Å². The number of hydrogen-bond acceptors (Lipinski definition) is 3. The molecule has 1 heterocycles. The molecule has 1 aromatic heterocycles. The van der Waals surface area contributed by atoms with Crippen LogP contribution in [0.3, 0.4) is 0 Å². The Balaban J connectivity index is 1.88. The van der Waals surface area contributed by atoms with Crippen molar-refractivity contribution >= 4 is 17.6 Å². The summed E-state index contributed by atoms with van der Waals surface area (Å²) in [6.07, 6.45) is 0.356. The van der Waals surface area contributed by atoms with Gasteiger partial charge in [0, 0.05) is 17.1 Å². The number of nitrogens with zero attached hydrogens (tertiary/aromatic N) is 1. The highest BCUT2D eigenvalue weighted by atomic mass is 16.5. The third-order valence-electron chi connectivity index (χ3n) is 4.77. The molecule has 0 aliphatic rings. The van der Waals surface area contributed by atoms with Crippen LogP contribution in [0.5, 0.6) is 5.75 Å². The van der Waals surface area contributed by atoms with Crippen LogP contribution in [0, 0.1) is 6.92 Å². The molecule has 0 aliphatic carbocycles. The van der Waals surface area contributed by atoms with E-state index in [-0.39, 0.29) is 18.9 Å². The summed E-state index contributed by atoms with van der Waals surface area (Å²) < 4.78 is 7.08. The molecular weight excluding hydrogens is 368 g/mol. The van der Waals surface area contributed by atoms with Crippen LogP contribution in [0.1, 0.15) is 17.7 Å². The van der Waals surface area contributed by atoms with Gasteiger partial charge in [-0.1, -0.05) is 18.2 Å². The third kappa shape index (κ3) is 5.04. The Morgan fingerprint density at radius 1 is 1.03 bits per heavy atom. The summed E-state index contributed by atoms with van der Waals surface area (Å²) in [7, 11) is 1.61. The number of aryl methyl sites for hydroxylation is 2. The highest BCUT2D eigenvalue weighted by molar-refractivity contribution is 5.91. The largest absolute Gasteiger partial charge is 0.497 e. The van der Waals surface area contributed by atoms with Gasteiger partial charge in [-0.25, -0.2) is 0 Å². The van der Waals surface area contributed by atoms with Gasteiger partial charge >= 0.3 is 5.97 Å². The van der Waals surface area contributed by atoms with Gasteiger partial charge in [-0.2, -0.15) is 0 Å². The van der Waals surface area contributed by atoms with Crippen LogP contribution >= 0.6 is 0 Å². The van der Waals surface area contributed by atoms with Gasteiger partial charge in [0.1, 0.15) is 12.3 Å². The molecule has 0 radical (unpaired) electrons. The van der Waals surface area contributed by atoms with Crippen LogP contribution in [0.4, 0.5) is 5.69 Å². The number of amides is 1. The van der Waals surface area contributed by atoms with E-state index in [2.05, 4.69) is 5.32 Å². The Hall–Kier alpha value is -3.54. The number of carbonyl (C=O) groups excluding carboxylic acids is 1. The average Bonchev–Trinajstić information content (AvgIpc) is 3.10. The van der Waals surface area contributed by atoms with Crippen molar-refractivity contribution in [2.24, 2.45) is 0 Å². The lowest BCUT2D eigenvalue weighted by molar-refractivity contribution is -0.137. The monoisotopic (exact) mass is 392 g/mol. The Morgan fingerprint density at radius 3 is 2.41 bits per heavy atom. The minimum atomic E-state index is -0.867. The first-order valence-electron chi connectivity index (χ1n) is 9.38. The van der Waals surface area contributed by atoms with Gasteiger partial charge in [0.05, 0.1) is 13.5 Å². The van der Waals surface area contributed by atoms with E-state index >= 15 is 0 Å². The van der Waals surface area contributed by atoms with Crippen LogP contribution in [0.2, 0.25) is 0 Å². The second-order valence-corrected chi connectivity index (χ2v) is 6.78. The number of rotatable bonds is 8. The molecule has 3 aromatic rings. The van der Waals surface area contributed by atoms with Gasteiger partial charge in [0.25, 0.3) is 0 Å². The molecule has 6 heteroatoms. The number of carboxylic acid groups (broad SMARTS) is 1. The van der Waals surface area contributed by atoms with Crippen LogP contribution in [-0.2, 0) is 22.6 Å². The number of hydrogen-bond donors (Lipinski definition) is 2. The quantitative estimate of drug-likeness (QED) is 0.604. The Kier molecular flexibility index (Phi) is 6.34. The predicted molar refractivity (Wildman–Crippen MR) is 112 cm³/mol. The van der Waals surface area contributed by atoms with Crippen molar-refractivity contribution in [1.29, 1.82) is 0 Å². The number of methoxy groups -OCH3 is 1. The fraction of sp³-hybridized carbons (Fsp3) is 0.217. The molecule has 0 saturated carbocycles. The first-order valence-corrected chi connectivity index (χ1v) is 9.38. The summed E-state index contributed by atoms with van der Waals surface area (Å²) in [6.45, 7) is 2.03. The number of ether oxygens (including phenoxy) is 1. The van der Waals surface area contributed by atoms with Crippen molar-refractivity contribution in [3.8, 4) is 17.0 Å². The number of aromatic nitrogens is 1. The van der Waals surface area contributed by atoms with Gasteiger partial charge in [-0.05, 0) is 66.9 Å². The van der Waals surface area contributed by atoms with E-state index in [4.69, 9.17) is 9.84 Å². The minimum Gasteiger partial charge on any atom is -0.497 e. The lowest BCUT2D eigenvalue weighted by Gasteiger charge is -2.15. The number of benzene rings is 2. The summed E-state index contributed by atoms with van der Waals surface area (Å²) >= 11 is 0. The topological polar surface area (TPSA) is 80.6 Å². The van der Waals surface area contributed by atoms with E-state index < -0.39 is 5.97 Å². The van der Waals surface area contributed by atoms with Crippen molar-refractivity contribution in [3.63, 3.8) is 0 Å². The second-order valence-electron chi connectivity index (χ2n) is 6.78. The third-order valence-corrected chi connectivity index (χ3v) is 4.77. The molecule has 0 fully saturated rings. The molecule has 0 unspecified atom stereocenters. The van der Waals surface area contributed by atoms with E-state index in [1.807, 2.05) is 72.2 Å². The Bertz CT molecular complexity index is 1010. The van der Waals surface area contributed by atoms with Crippen molar-refractivity contribution in [2.75, 3.05) is 12.4 Å². The molecule has 2 aromatic carbocycles. The molecule has 0 saturated heterocycles. The number of para-hydroxylation sites is 1. The lowest BCUT2D eigenvalue weighted by Crippen LogP contribution is -2.21. The van der Waals surface area contributed by atoms with E-state index in [1.165, 1.54) is 0 Å². The highest BCUT2D eigenvalue weighted by Crippen LogP contribution is 2.26. The standard InChI is InChI=1S/C23H24N2O4/c1-16-5-3-4-6-20(16)24-22(26)15-25-18(10-14-23(27)28)9-13-21(25)17-7-11-19(29-2)12-8-17/h3-9,11-13H,10,14-15H2,1-2H3,(H,24,26)(H,27,28). The number of aliphatic carboxylic acids is 1. The molecular formula is C23H24N2O4. The van der Waals surface area contributed by atoms with Gasteiger partial charge in [0.2, 0.25) is 5.91 Å². The molecule has 0 bridgehead atoms.